The van der Waals surface area contributed by atoms with Crippen molar-refractivity contribution in [2.24, 2.45) is 11.7 Å². The van der Waals surface area contributed by atoms with Crippen LogP contribution in [-0.4, -0.2) is 42.0 Å². The van der Waals surface area contributed by atoms with Gasteiger partial charge in [-0.3, -0.25) is 14.9 Å². The van der Waals surface area contributed by atoms with Gasteiger partial charge in [-0.15, -0.1) is 0 Å². The van der Waals surface area contributed by atoms with Gasteiger partial charge >= 0.3 is 5.69 Å². The summed E-state index contributed by atoms with van der Waals surface area (Å²) in [6, 6.07) is 4.18. The van der Waals surface area contributed by atoms with E-state index in [9.17, 15) is 14.9 Å². The van der Waals surface area contributed by atoms with E-state index < -0.39 is 4.92 Å². The molecule has 2 rings (SSSR count). The van der Waals surface area contributed by atoms with Gasteiger partial charge in [0, 0.05) is 30.8 Å². The van der Waals surface area contributed by atoms with Gasteiger partial charge < -0.3 is 15.4 Å². The highest BCUT2D eigenvalue weighted by molar-refractivity contribution is 5.95. The predicted molar refractivity (Wildman–Crippen MR) is 77.3 cm³/mol. The molecule has 2 atom stereocenters. The maximum Gasteiger partial charge on any atom is 0.311 e. The fourth-order valence-electron chi connectivity index (χ4n) is 2.43. The lowest BCUT2D eigenvalue weighted by atomic mass is 9.94. The van der Waals surface area contributed by atoms with Crippen LogP contribution >= 0.6 is 0 Å². The molecule has 1 aromatic rings. The van der Waals surface area contributed by atoms with Crippen molar-refractivity contribution in [3.8, 4) is 5.75 Å². The molecule has 0 aliphatic carbocycles. The summed E-state index contributed by atoms with van der Waals surface area (Å²) in [4.78, 5) is 24.5. The monoisotopic (exact) mass is 293 g/mol. The number of nitro groups is 1. The van der Waals surface area contributed by atoms with Crippen LogP contribution < -0.4 is 10.5 Å². The molecular weight excluding hydrogens is 274 g/mol. The second kappa shape index (κ2) is 6.09. The number of hydrogen-bond acceptors (Lipinski definition) is 5. The van der Waals surface area contributed by atoms with Crippen molar-refractivity contribution in [3.63, 3.8) is 0 Å². The predicted octanol–water partition coefficient (Wildman–Crippen LogP) is 1.41. The lowest BCUT2D eigenvalue weighted by molar-refractivity contribution is -0.385. The van der Waals surface area contributed by atoms with Crippen molar-refractivity contribution in [2.45, 2.75) is 19.4 Å². The summed E-state index contributed by atoms with van der Waals surface area (Å²) in [6.07, 6.45) is 0.838. The molecular formula is C14H19N3O4. The normalized spacial score (nSPS) is 22.0. The fraction of sp³-hybridized carbons (Fsp3) is 0.500. The highest BCUT2D eigenvalue weighted by Crippen LogP contribution is 2.28. The number of methoxy groups -OCH3 is 1. The van der Waals surface area contributed by atoms with Crippen LogP contribution in [0.25, 0.3) is 0 Å². The van der Waals surface area contributed by atoms with Crippen LogP contribution in [0.5, 0.6) is 5.75 Å². The van der Waals surface area contributed by atoms with Crippen LogP contribution in [0.15, 0.2) is 18.2 Å². The molecule has 0 saturated carbocycles. The molecule has 114 valence electrons. The van der Waals surface area contributed by atoms with Crippen molar-refractivity contribution in [1.82, 2.24) is 4.90 Å². The Morgan fingerprint density at radius 2 is 2.24 bits per heavy atom. The molecule has 1 aliphatic heterocycles. The van der Waals surface area contributed by atoms with E-state index in [-0.39, 0.29) is 28.9 Å². The molecule has 1 aliphatic rings. The van der Waals surface area contributed by atoms with Gasteiger partial charge in [0.25, 0.3) is 5.91 Å². The van der Waals surface area contributed by atoms with Crippen LogP contribution in [0.2, 0.25) is 0 Å². The van der Waals surface area contributed by atoms with Crippen LogP contribution in [0.4, 0.5) is 5.69 Å². The molecule has 7 heteroatoms. The molecule has 0 aromatic heterocycles. The third-order valence-corrected chi connectivity index (χ3v) is 3.93. The zero-order chi connectivity index (χ0) is 15.6. The Kier molecular flexibility index (Phi) is 4.42. The van der Waals surface area contributed by atoms with Crippen molar-refractivity contribution >= 4 is 11.6 Å². The maximum absolute atomic E-state index is 12.4. The van der Waals surface area contributed by atoms with Crippen LogP contribution in [0, 0.1) is 16.0 Å². The van der Waals surface area contributed by atoms with Gasteiger partial charge in [0.2, 0.25) is 0 Å². The maximum atomic E-state index is 12.4. The van der Waals surface area contributed by atoms with E-state index in [4.69, 9.17) is 10.5 Å². The number of ether oxygens (including phenoxy) is 1. The Bertz CT molecular complexity index is 561. The number of carbonyl (C=O) groups is 1. The number of rotatable bonds is 3. The minimum atomic E-state index is -0.556. The summed E-state index contributed by atoms with van der Waals surface area (Å²) in [5.74, 6) is 0.280. The van der Waals surface area contributed by atoms with Gasteiger partial charge in [0.15, 0.2) is 5.75 Å². The molecule has 21 heavy (non-hydrogen) atoms. The van der Waals surface area contributed by atoms with Gasteiger partial charge in [0.1, 0.15) is 0 Å². The molecule has 0 radical (unpaired) electrons. The zero-order valence-electron chi connectivity index (χ0n) is 12.1. The molecule has 0 spiro atoms. The fourth-order valence-corrected chi connectivity index (χ4v) is 2.43. The second-order valence-electron chi connectivity index (χ2n) is 5.32. The van der Waals surface area contributed by atoms with E-state index in [1.165, 1.54) is 25.3 Å². The first kappa shape index (κ1) is 15.2. The average Bonchev–Trinajstić information content (AvgIpc) is 2.48. The first-order valence-corrected chi connectivity index (χ1v) is 6.81. The molecule has 2 unspecified atom stereocenters. The summed E-state index contributed by atoms with van der Waals surface area (Å²) in [5, 5.41) is 11.0. The molecule has 1 fully saturated rings. The van der Waals surface area contributed by atoms with E-state index in [0.29, 0.717) is 19.0 Å². The molecule has 1 aromatic carbocycles. The van der Waals surface area contributed by atoms with Crippen molar-refractivity contribution < 1.29 is 14.5 Å². The van der Waals surface area contributed by atoms with Gasteiger partial charge in [-0.25, -0.2) is 0 Å². The first-order valence-electron chi connectivity index (χ1n) is 6.81. The Morgan fingerprint density at radius 1 is 1.52 bits per heavy atom. The van der Waals surface area contributed by atoms with Crippen LogP contribution in [0.1, 0.15) is 23.7 Å². The number of nitrogens with zero attached hydrogens (tertiary/aromatic N) is 2. The summed E-state index contributed by atoms with van der Waals surface area (Å²) in [6.45, 7) is 3.15. The topological polar surface area (TPSA) is 98.7 Å². The number of piperidine rings is 1. The number of benzene rings is 1. The Morgan fingerprint density at radius 3 is 2.81 bits per heavy atom. The summed E-state index contributed by atoms with van der Waals surface area (Å²) < 4.78 is 4.93. The molecule has 0 bridgehead atoms. The van der Waals surface area contributed by atoms with Gasteiger partial charge in [-0.2, -0.15) is 0 Å². The number of hydrogen-bond donors (Lipinski definition) is 1. The van der Waals surface area contributed by atoms with Gasteiger partial charge in [-0.05, 0) is 24.5 Å². The zero-order valence-corrected chi connectivity index (χ0v) is 12.1. The van der Waals surface area contributed by atoms with Gasteiger partial charge in [0.05, 0.1) is 12.0 Å². The third-order valence-electron chi connectivity index (χ3n) is 3.93. The minimum absolute atomic E-state index is 0.0593. The lowest BCUT2D eigenvalue weighted by Gasteiger charge is -2.35. The Labute approximate surface area is 122 Å². The first-order chi connectivity index (χ1) is 9.93. The molecule has 1 amide bonds. The number of nitro benzene ring substituents is 1. The summed E-state index contributed by atoms with van der Waals surface area (Å²) >= 11 is 0. The SMILES string of the molecule is COc1ccc(C(=O)N2CCC(C)C(N)C2)cc1[N+](=O)[O-]. The summed E-state index contributed by atoms with van der Waals surface area (Å²) in [7, 11) is 1.36. The smallest absolute Gasteiger partial charge is 0.311 e. The number of carbonyl (C=O) groups excluding carboxylic acids is 1. The standard InChI is InChI=1S/C14H19N3O4/c1-9-5-6-16(8-11(9)15)14(18)10-3-4-13(21-2)12(7-10)17(19)20/h3-4,7,9,11H,5-6,8,15H2,1-2H3. The van der Waals surface area contributed by atoms with Crippen molar-refractivity contribution in [1.29, 1.82) is 0 Å². The van der Waals surface area contributed by atoms with Crippen molar-refractivity contribution in [2.75, 3.05) is 20.2 Å². The van der Waals surface area contributed by atoms with Crippen LogP contribution in [-0.2, 0) is 0 Å². The van der Waals surface area contributed by atoms with E-state index in [2.05, 4.69) is 6.92 Å². The molecule has 1 heterocycles. The van der Waals surface area contributed by atoms with Crippen molar-refractivity contribution in [3.05, 3.63) is 33.9 Å². The quantitative estimate of drug-likeness (QED) is 0.671. The number of likely N-dealkylation sites (tertiary alicyclic amines) is 1. The van der Waals surface area contributed by atoms with E-state index >= 15 is 0 Å². The minimum Gasteiger partial charge on any atom is -0.490 e. The summed E-state index contributed by atoms with van der Waals surface area (Å²) in [5.41, 5.74) is 6.06. The number of nitrogens with two attached hydrogens (primary N) is 1. The highest BCUT2D eigenvalue weighted by Gasteiger charge is 2.28. The van der Waals surface area contributed by atoms with E-state index in [1.54, 1.807) is 4.90 Å². The second-order valence-corrected chi connectivity index (χ2v) is 5.32. The molecule has 7 nitrogen and oxygen atoms in total. The third kappa shape index (κ3) is 3.13. The Balaban J connectivity index is 2.23. The molecule has 2 N–H and O–H groups in total. The number of amides is 1. The van der Waals surface area contributed by atoms with Crippen LogP contribution in [0.3, 0.4) is 0 Å². The Hall–Kier alpha value is -2.15. The largest absolute Gasteiger partial charge is 0.490 e. The average molecular weight is 293 g/mol. The van der Waals surface area contributed by atoms with E-state index in [0.717, 1.165) is 6.42 Å². The van der Waals surface area contributed by atoms with Gasteiger partial charge in [-0.1, -0.05) is 6.92 Å². The van der Waals surface area contributed by atoms with E-state index in [1.807, 2.05) is 0 Å². The highest BCUT2D eigenvalue weighted by atomic mass is 16.6. The lowest BCUT2D eigenvalue weighted by Crippen LogP contribution is -2.49. The molecule has 1 saturated heterocycles.